The number of para-hydroxylation sites is 1. The molecule has 4 rings (SSSR count). The standard InChI is InChI=1S/C20H23N5O2.C2H6O/c1-20(2,3)23-19-22-16-11(7-6-8-12(16)18(27)25(19)5)14-9-13-15(21-14)10-24(4)17(13)26;1-2-3/h6-9,21H,10H2,1-5H3,(H,22,23);3H,2H2,1H3. The molecule has 160 valence electrons. The summed E-state index contributed by atoms with van der Waals surface area (Å²) in [5, 5.41) is 11.4. The van der Waals surface area contributed by atoms with Crippen LogP contribution in [-0.4, -0.2) is 49.6 Å². The van der Waals surface area contributed by atoms with Crippen molar-refractivity contribution in [2.24, 2.45) is 7.05 Å². The molecule has 0 saturated carbocycles. The number of benzene rings is 1. The van der Waals surface area contributed by atoms with E-state index in [4.69, 9.17) is 10.1 Å². The van der Waals surface area contributed by atoms with Crippen LogP contribution < -0.4 is 10.9 Å². The summed E-state index contributed by atoms with van der Waals surface area (Å²) >= 11 is 0. The van der Waals surface area contributed by atoms with Gasteiger partial charge < -0.3 is 20.3 Å². The lowest BCUT2D eigenvalue weighted by Crippen LogP contribution is -2.32. The summed E-state index contributed by atoms with van der Waals surface area (Å²) in [6, 6.07) is 7.40. The van der Waals surface area contributed by atoms with E-state index in [1.807, 2.05) is 39.0 Å². The lowest BCUT2D eigenvalue weighted by Gasteiger charge is -2.23. The number of carbonyl (C=O) groups is 1. The second kappa shape index (κ2) is 7.95. The molecule has 0 unspecified atom stereocenters. The van der Waals surface area contributed by atoms with Gasteiger partial charge >= 0.3 is 0 Å². The predicted molar refractivity (Wildman–Crippen MR) is 119 cm³/mol. The van der Waals surface area contributed by atoms with Crippen LogP contribution in [0.15, 0.2) is 29.1 Å². The molecule has 1 amide bonds. The SMILES string of the molecule is CCO.CN1Cc2[nH]c(-c3cccc4c(=O)n(C)c(NC(C)(C)C)nc34)cc2C1=O. The van der Waals surface area contributed by atoms with Gasteiger partial charge in [0.15, 0.2) is 0 Å². The Kier molecular flexibility index (Phi) is 5.72. The number of aromatic amines is 1. The first-order valence-electron chi connectivity index (χ1n) is 9.94. The van der Waals surface area contributed by atoms with Crippen molar-refractivity contribution in [1.29, 1.82) is 0 Å². The predicted octanol–water partition coefficient (Wildman–Crippen LogP) is 2.72. The van der Waals surface area contributed by atoms with Crippen LogP contribution in [0.5, 0.6) is 0 Å². The topological polar surface area (TPSA) is 103 Å². The van der Waals surface area contributed by atoms with Gasteiger partial charge in [-0.05, 0) is 39.8 Å². The molecule has 3 aromatic rings. The fraction of sp³-hybridized carbons (Fsp3) is 0.409. The molecule has 0 radical (unpaired) electrons. The Balaban J connectivity index is 0.000000806. The Hall–Kier alpha value is -3.13. The van der Waals surface area contributed by atoms with Gasteiger partial charge in [-0.3, -0.25) is 14.2 Å². The number of hydrogen-bond donors (Lipinski definition) is 3. The van der Waals surface area contributed by atoms with E-state index in [9.17, 15) is 9.59 Å². The second-order valence-corrected chi connectivity index (χ2v) is 8.43. The van der Waals surface area contributed by atoms with E-state index >= 15 is 0 Å². The molecule has 0 spiro atoms. The number of aliphatic hydroxyl groups excluding tert-OH is 1. The van der Waals surface area contributed by atoms with E-state index in [1.165, 1.54) is 4.57 Å². The maximum Gasteiger partial charge on any atom is 0.262 e. The zero-order valence-corrected chi connectivity index (χ0v) is 18.3. The number of aliphatic hydroxyl groups is 1. The number of hydrogen-bond acceptors (Lipinski definition) is 5. The van der Waals surface area contributed by atoms with E-state index in [1.54, 1.807) is 32.0 Å². The molecule has 3 N–H and O–H groups in total. The van der Waals surface area contributed by atoms with Crippen LogP contribution in [0, 0.1) is 0 Å². The van der Waals surface area contributed by atoms with Crippen LogP contribution in [0.25, 0.3) is 22.2 Å². The molecule has 0 saturated heterocycles. The molecule has 1 aliphatic rings. The normalized spacial score (nSPS) is 13.3. The van der Waals surface area contributed by atoms with Crippen molar-refractivity contribution < 1.29 is 9.90 Å². The molecule has 3 heterocycles. The van der Waals surface area contributed by atoms with Gasteiger partial charge in [-0.25, -0.2) is 4.98 Å². The summed E-state index contributed by atoms with van der Waals surface area (Å²) in [4.78, 5) is 34.9. The van der Waals surface area contributed by atoms with E-state index in [2.05, 4.69) is 10.3 Å². The van der Waals surface area contributed by atoms with Crippen LogP contribution in [0.3, 0.4) is 0 Å². The number of carbonyl (C=O) groups excluding carboxylic acids is 1. The van der Waals surface area contributed by atoms with Crippen LogP contribution >= 0.6 is 0 Å². The van der Waals surface area contributed by atoms with Crippen molar-refractivity contribution in [3.8, 4) is 11.3 Å². The van der Waals surface area contributed by atoms with Crippen LogP contribution in [0.4, 0.5) is 5.95 Å². The summed E-state index contributed by atoms with van der Waals surface area (Å²) in [7, 11) is 3.50. The quantitative estimate of drug-likeness (QED) is 0.602. The van der Waals surface area contributed by atoms with Crippen molar-refractivity contribution in [2.75, 3.05) is 19.0 Å². The highest BCUT2D eigenvalue weighted by atomic mass is 16.2. The number of anilines is 1. The van der Waals surface area contributed by atoms with Crippen LogP contribution in [0.2, 0.25) is 0 Å². The van der Waals surface area contributed by atoms with Crippen LogP contribution in [-0.2, 0) is 13.6 Å². The van der Waals surface area contributed by atoms with Gasteiger partial charge in [-0.2, -0.15) is 0 Å². The van der Waals surface area contributed by atoms with Crippen LogP contribution in [0.1, 0.15) is 43.7 Å². The number of nitrogens with one attached hydrogen (secondary N) is 2. The van der Waals surface area contributed by atoms with Gasteiger partial charge in [-0.15, -0.1) is 0 Å². The van der Waals surface area contributed by atoms with Crippen molar-refractivity contribution in [2.45, 2.75) is 39.8 Å². The molecule has 30 heavy (non-hydrogen) atoms. The third-order valence-corrected chi connectivity index (χ3v) is 4.76. The maximum atomic E-state index is 12.9. The molecule has 8 nitrogen and oxygen atoms in total. The molecular weight excluding hydrogens is 382 g/mol. The Morgan fingerprint density at radius 1 is 1.20 bits per heavy atom. The van der Waals surface area contributed by atoms with E-state index in [-0.39, 0.29) is 23.6 Å². The van der Waals surface area contributed by atoms with Gasteiger partial charge in [0.1, 0.15) is 0 Å². The number of nitrogens with zero attached hydrogens (tertiary/aromatic N) is 3. The minimum Gasteiger partial charge on any atom is -0.397 e. The third-order valence-electron chi connectivity index (χ3n) is 4.76. The first-order valence-corrected chi connectivity index (χ1v) is 9.94. The fourth-order valence-electron chi connectivity index (χ4n) is 3.43. The zero-order valence-electron chi connectivity index (χ0n) is 18.3. The van der Waals surface area contributed by atoms with Gasteiger partial charge in [0.25, 0.3) is 11.5 Å². The Morgan fingerprint density at radius 3 is 2.47 bits per heavy atom. The van der Waals surface area contributed by atoms with Gasteiger partial charge in [-0.1, -0.05) is 12.1 Å². The summed E-state index contributed by atoms with van der Waals surface area (Å²) in [5.41, 5.74) is 3.47. The molecule has 0 aliphatic carbocycles. The zero-order chi connectivity index (χ0) is 22.2. The lowest BCUT2D eigenvalue weighted by atomic mass is 10.1. The minimum absolute atomic E-state index is 0.00620. The average Bonchev–Trinajstić information content (AvgIpc) is 3.18. The molecule has 2 aromatic heterocycles. The number of fused-ring (bicyclic) bond motifs is 2. The molecule has 0 fully saturated rings. The average molecular weight is 412 g/mol. The molecule has 0 atom stereocenters. The number of aromatic nitrogens is 3. The summed E-state index contributed by atoms with van der Waals surface area (Å²) in [5.74, 6) is 0.522. The highest BCUT2D eigenvalue weighted by Gasteiger charge is 2.27. The fourth-order valence-corrected chi connectivity index (χ4v) is 3.43. The monoisotopic (exact) mass is 411 g/mol. The lowest BCUT2D eigenvalue weighted by molar-refractivity contribution is 0.0816. The Labute approximate surface area is 175 Å². The van der Waals surface area contributed by atoms with Gasteiger partial charge in [0.2, 0.25) is 5.95 Å². The van der Waals surface area contributed by atoms with E-state index < -0.39 is 0 Å². The number of H-pyrrole nitrogens is 1. The summed E-state index contributed by atoms with van der Waals surface area (Å²) in [6.07, 6.45) is 0. The first-order chi connectivity index (χ1) is 14.1. The highest BCUT2D eigenvalue weighted by Crippen LogP contribution is 2.31. The largest absolute Gasteiger partial charge is 0.397 e. The van der Waals surface area contributed by atoms with Gasteiger partial charge in [0.05, 0.1) is 23.0 Å². The minimum atomic E-state index is -0.232. The van der Waals surface area contributed by atoms with E-state index in [0.29, 0.717) is 29.0 Å². The number of amides is 1. The smallest absolute Gasteiger partial charge is 0.262 e. The Morgan fingerprint density at radius 2 is 1.87 bits per heavy atom. The van der Waals surface area contributed by atoms with Crippen molar-refractivity contribution in [3.63, 3.8) is 0 Å². The summed E-state index contributed by atoms with van der Waals surface area (Å²) < 4.78 is 1.53. The molecule has 1 aromatic carbocycles. The van der Waals surface area contributed by atoms with Crippen molar-refractivity contribution in [3.05, 3.63) is 45.9 Å². The second-order valence-electron chi connectivity index (χ2n) is 8.43. The third kappa shape index (κ3) is 3.95. The van der Waals surface area contributed by atoms with E-state index in [0.717, 1.165) is 17.0 Å². The summed E-state index contributed by atoms with van der Waals surface area (Å²) in [6.45, 7) is 8.55. The molecule has 0 bridgehead atoms. The molecular formula is C22H29N5O3. The van der Waals surface area contributed by atoms with Crippen molar-refractivity contribution in [1.82, 2.24) is 19.4 Å². The maximum absolute atomic E-state index is 12.9. The first kappa shape index (κ1) is 21.6. The number of rotatable bonds is 2. The molecule has 8 heteroatoms. The molecule has 1 aliphatic heterocycles. The van der Waals surface area contributed by atoms with Gasteiger partial charge in [0, 0.05) is 43.2 Å². The Bertz CT molecular complexity index is 1150. The highest BCUT2D eigenvalue weighted by molar-refractivity contribution is 6.01. The van der Waals surface area contributed by atoms with Crippen molar-refractivity contribution >= 4 is 22.8 Å².